The van der Waals surface area contributed by atoms with E-state index >= 15 is 0 Å². The number of rotatable bonds is 2. The summed E-state index contributed by atoms with van der Waals surface area (Å²) in [5, 5.41) is 17.1. The molecule has 3 heterocycles. The molecule has 9 rings (SSSR count). The van der Waals surface area contributed by atoms with Crippen LogP contribution in [0, 0.1) is 11.3 Å². The van der Waals surface area contributed by atoms with Crippen LogP contribution in [0.2, 0.25) is 0 Å². The maximum absolute atomic E-state index is 10.4. The highest BCUT2D eigenvalue weighted by Gasteiger charge is 2.26. The predicted octanol–water partition coefficient (Wildman–Crippen LogP) is 9.65. The normalized spacial score (nSPS) is 11.9. The molecule has 0 saturated carbocycles. The molecule has 0 aliphatic carbocycles. The first kappa shape index (κ1) is 22.1. The molecular weight excluding hydrogens is 502 g/mol. The van der Waals surface area contributed by atoms with E-state index in [0.717, 1.165) is 49.8 Å². The maximum atomic E-state index is 10.4. The molecule has 0 radical (unpaired) electrons. The Hall–Kier alpha value is -5.79. The van der Waals surface area contributed by atoms with Crippen molar-refractivity contribution < 1.29 is 4.42 Å². The number of para-hydroxylation sites is 5. The fourth-order valence-electron chi connectivity index (χ4n) is 6.69. The number of furan rings is 1. The van der Waals surface area contributed by atoms with E-state index in [1.807, 2.05) is 24.3 Å². The summed E-state index contributed by atoms with van der Waals surface area (Å²) in [4.78, 5) is 0. The standard InChI is InChI=1S/C37H21N3O/c38-22-23-21-33(39-29-16-6-1-11-24(29)25-12-2-7-17-30(25)39)36(35-28-15-5-10-20-34(28)41-37(23)35)40-31-18-8-3-13-26(31)27-14-4-9-19-32(27)40/h1-21H. The van der Waals surface area contributed by atoms with Crippen LogP contribution in [0.1, 0.15) is 5.56 Å². The third-order valence-corrected chi connectivity index (χ3v) is 8.35. The summed E-state index contributed by atoms with van der Waals surface area (Å²) < 4.78 is 11.1. The van der Waals surface area contributed by atoms with Crippen molar-refractivity contribution >= 4 is 65.6 Å². The Morgan fingerprint density at radius 3 is 1.46 bits per heavy atom. The zero-order chi connectivity index (χ0) is 27.1. The highest BCUT2D eigenvalue weighted by atomic mass is 16.3. The Bertz CT molecular complexity index is 2450. The topological polar surface area (TPSA) is 46.8 Å². The van der Waals surface area contributed by atoms with Crippen LogP contribution in [0.4, 0.5) is 0 Å². The Morgan fingerprint density at radius 2 is 0.951 bits per heavy atom. The number of hydrogen-bond donors (Lipinski definition) is 0. The third-order valence-electron chi connectivity index (χ3n) is 8.35. The lowest BCUT2D eigenvalue weighted by molar-refractivity contribution is 0.667. The number of nitriles is 1. The molecule has 0 amide bonds. The molecule has 0 aliphatic rings. The van der Waals surface area contributed by atoms with Crippen LogP contribution in [-0.4, -0.2) is 9.13 Å². The number of benzene rings is 6. The van der Waals surface area contributed by atoms with E-state index in [0.29, 0.717) is 11.1 Å². The van der Waals surface area contributed by atoms with Crippen LogP contribution in [0.5, 0.6) is 0 Å². The van der Waals surface area contributed by atoms with Gasteiger partial charge in [0.15, 0.2) is 5.58 Å². The zero-order valence-corrected chi connectivity index (χ0v) is 21.9. The fourth-order valence-corrected chi connectivity index (χ4v) is 6.69. The second-order valence-electron chi connectivity index (χ2n) is 10.4. The van der Waals surface area contributed by atoms with Gasteiger partial charge in [0.05, 0.1) is 44.4 Å². The summed E-state index contributed by atoms with van der Waals surface area (Å²) in [5.41, 5.74) is 8.20. The fraction of sp³-hybridized carbons (Fsp3) is 0. The van der Waals surface area contributed by atoms with Crippen molar-refractivity contribution in [1.82, 2.24) is 9.13 Å². The van der Waals surface area contributed by atoms with Crippen LogP contribution in [0.15, 0.2) is 132 Å². The molecule has 0 saturated heterocycles. The Kier molecular flexibility index (Phi) is 4.37. The molecule has 9 aromatic rings. The highest BCUT2D eigenvalue weighted by Crippen LogP contribution is 2.44. The highest BCUT2D eigenvalue weighted by molar-refractivity contribution is 6.18. The van der Waals surface area contributed by atoms with Crippen molar-refractivity contribution in [1.29, 1.82) is 5.26 Å². The monoisotopic (exact) mass is 523 g/mol. The lowest BCUT2D eigenvalue weighted by atomic mass is 10.0. The molecule has 6 aromatic carbocycles. The number of hydrogen-bond acceptors (Lipinski definition) is 2. The second-order valence-corrected chi connectivity index (χ2v) is 10.4. The SMILES string of the molecule is N#Cc1cc(-n2c3ccccc3c3ccccc32)c(-n2c3ccccc3c3ccccc32)c2c1oc1ccccc12. The summed E-state index contributed by atoms with van der Waals surface area (Å²) in [6.07, 6.45) is 0. The van der Waals surface area contributed by atoms with Gasteiger partial charge in [-0.25, -0.2) is 0 Å². The molecular formula is C37H21N3O. The summed E-state index contributed by atoms with van der Waals surface area (Å²) in [7, 11) is 0. The van der Waals surface area contributed by atoms with Gasteiger partial charge in [0, 0.05) is 26.9 Å². The maximum Gasteiger partial charge on any atom is 0.155 e. The molecule has 4 nitrogen and oxygen atoms in total. The minimum Gasteiger partial charge on any atom is -0.455 e. The van der Waals surface area contributed by atoms with Crippen molar-refractivity contribution in [3.8, 4) is 17.4 Å². The molecule has 190 valence electrons. The van der Waals surface area contributed by atoms with Gasteiger partial charge in [0.2, 0.25) is 0 Å². The van der Waals surface area contributed by atoms with Gasteiger partial charge in [0.25, 0.3) is 0 Å². The van der Waals surface area contributed by atoms with E-state index in [2.05, 4.69) is 118 Å². The minimum absolute atomic E-state index is 0.512. The number of aromatic nitrogens is 2. The molecule has 3 aromatic heterocycles. The van der Waals surface area contributed by atoms with Gasteiger partial charge < -0.3 is 13.6 Å². The van der Waals surface area contributed by atoms with Gasteiger partial charge in [-0.2, -0.15) is 5.26 Å². The quantitative estimate of drug-likeness (QED) is 0.226. The molecule has 0 atom stereocenters. The Balaban J connectivity index is 1.61. The van der Waals surface area contributed by atoms with Crippen molar-refractivity contribution in [3.63, 3.8) is 0 Å². The van der Waals surface area contributed by atoms with E-state index in [4.69, 9.17) is 4.42 Å². The molecule has 0 unspecified atom stereocenters. The van der Waals surface area contributed by atoms with Crippen LogP contribution >= 0.6 is 0 Å². The van der Waals surface area contributed by atoms with Crippen LogP contribution < -0.4 is 0 Å². The second kappa shape index (κ2) is 8.11. The lowest BCUT2D eigenvalue weighted by Gasteiger charge is -2.18. The summed E-state index contributed by atoms with van der Waals surface area (Å²) >= 11 is 0. The van der Waals surface area contributed by atoms with Crippen LogP contribution in [-0.2, 0) is 0 Å². The van der Waals surface area contributed by atoms with Crippen molar-refractivity contribution in [2.45, 2.75) is 0 Å². The summed E-state index contributed by atoms with van der Waals surface area (Å²) in [5.74, 6) is 0. The largest absolute Gasteiger partial charge is 0.455 e. The van der Waals surface area contributed by atoms with Crippen molar-refractivity contribution in [2.24, 2.45) is 0 Å². The van der Waals surface area contributed by atoms with Gasteiger partial charge in [-0.15, -0.1) is 0 Å². The molecule has 0 aliphatic heterocycles. The molecule has 0 spiro atoms. The van der Waals surface area contributed by atoms with Gasteiger partial charge in [-0.05, 0) is 36.4 Å². The van der Waals surface area contributed by atoms with E-state index in [-0.39, 0.29) is 0 Å². The first-order chi connectivity index (χ1) is 20.3. The average molecular weight is 524 g/mol. The molecule has 41 heavy (non-hydrogen) atoms. The van der Waals surface area contributed by atoms with Crippen LogP contribution in [0.3, 0.4) is 0 Å². The van der Waals surface area contributed by atoms with Crippen molar-refractivity contribution in [2.75, 3.05) is 0 Å². The van der Waals surface area contributed by atoms with Gasteiger partial charge >= 0.3 is 0 Å². The molecule has 4 heteroatoms. The number of nitrogens with zero attached hydrogens (tertiary/aromatic N) is 3. The van der Waals surface area contributed by atoms with E-state index in [1.54, 1.807) is 0 Å². The average Bonchev–Trinajstić information content (AvgIpc) is 3.69. The molecule has 0 N–H and O–H groups in total. The van der Waals surface area contributed by atoms with Gasteiger partial charge in [-0.3, -0.25) is 0 Å². The van der Waals surface area contributed by atoms with E-state index in [9.17, 15) is 5.26 Å². The summed E-state index contributed by atoms with van der Waals surface area (Å²) in [6.45, 7) is 0. The number of fused-ring (bicyclic) bond motifs is 9. The van der Waals surface area contributed by atoms with Gasteiger partial charge in [0.1, 0.15) is 11.7 Å². The first-order valence-corrected chi connectivity index (χ1v) is 13.7. The van der Waals surface area contributed by atoms with E-state index in [1.165, 1.54) is 21.5 Å². The predicted molar refractivity (Wildman–Crippen MR) is 167 cm³/mol. The zero-order valence-electron chi connectivity index (χ0n) is 21.9. The smallest absolute Gasteiger partial charge is 0.155 e. The minimum atomic E-state index is 0.512. The van der Waals surface area contributed by atoms with Gasteiger partial charge in [-0.1, -0.05) is 91.0 Å². The lowest BCUT2D eigenvalue weighted by Crippen LogP contribution is -2.05. The third kappa shape index (κ3) is 2.87. The summed E-state index contributed by atoms with van der Waals surface area (Å²) in [6, 6.07) is 46.6. The molecule has 0 bridgehead atoms. The Labute approximate surface area is 234 Å². The van der Waals surface area contributed by atoms with Crippen molar-refractivity contribution in [3.05, 3.63) is 133 Å². The first-order valence-electron chi connectivity index (χ1n) is 13.7. The Morgan fingerprint density at radius 1 is 0.512 bits per heavy atom. The van der Waals surface area contributed by atoms with E-state index < -0.39 is 0 Å². The molecule has 0 fully saturated rings. The van der Waals surface area contributed by atoms with Crippen LogP contribution in [0.25, 0.3) is 76.9 Å².